The summed E-state index contributed by atoms with van der Waals surface area (Å²) in [4.78, 5) is 16.6. The number of alkyl halides is 3. The number of hydrogen-bond donors (Lipinski definition) is 0. The van der Waals surface area contributed by atoms with Crippen LogP contribution >= 0.6 is 0 Å². The van der Waals surface area contributed by atoms with Gasteiger partial charge in [-0.1, -0.05) is 6.07 Å². The molecule has 1 unspecified atom stereocenters. The van der Waals surface area contributed by atoms with E-state index in [4.69, 9.17) is 18.9 Å². The predicted molar refractivity (Wildman–Crippen MR) is 137 cm³/mol. The number of aromatic nitrogens is 1. The van der Waals surface area contributed by atoms with Gasteiger partial charge in [0, 0.05) is 25.1 Å². The Morgan fingerprint density at radius 3 is 2.38 bits per heavy atom. The number of amides is 1. The summed E-state index contributed by atoms with van der Waals surface area (Å²) in [7, 11) is 3.09. The van der Waals surface area contributed by atoms with E-state index in [9.17, 15) is 18.0 Å². The third-order valence-corrected chi connectivity index (χ3v) is 6.24. The fourth-order valence-electron chi connectivity index (χ4n) is 4.20. The molecule has 2 heterocycles. The SMILES string of the molecule is COc1ccc(C2=NN(C(C)=O)C(c3ccc(OCc4nccc(OCC(F)(F)F)c4C)c(OC)c3)C2)cc1. The van der Waals surface area contributed by atoms with Gasteiger partial charge in [-0.05, 0) is 60.5 Å². The molecule has 3 aromatic rings. The second-order valence-electron chi connectivity index (χ2n) is 8.84. The number of pyridine rings is 1. The van der Waals surface area contributed by atoms with Crippen molar-refractivity contribution in [1.82, 2.24) is 9.99 Å². The first kappa shape index (κ1) is 27.7. The first-order chi connectivity index (χ1) is 18.6. The molecule has 8 nitrogen and oxygen atoms in total. The van der Waals surface area contributed by atoms with Gasteiger partial charge in [-0.25, -0.2) is 5.01 Å². The maximum Gasteiger partial charge on any atom is 0.422 e. The van der Waals surface area contributed by atoms with E-state index in [0.717, 1.165) is 22.6 Å². The predicted octanol–water partition coefficient (Wildman–Crippen LogP) is 5.62. The average molecular weight is 544 g/mol. The van der Waals surface area contributed by atoms with Gasteiger partial charge < -0.3 is 18.9 Å². The lowest BCUT2D eigenvalue weighted by molar-refractivity contribution is -0.153. The van der Waals surface area contributed by atoms with Crippen LogP contribution in [0.25, 0.3) is 0 Å². The van der Waals surface area contributed by atoms with Gasteiger partial charge in [0.1, 0.15) is 18.1 Å². The number of carbonyl (C=O) groups is 1. The quantitative estimate of drug-likeness (QED) is 0.348. The van der Waals surface area contributed by atoms with Crippen molar-refractivity contribution in [2.75, 3.05) is 20.8 Å². The molecule has 0 radical (unpaired) electrons. The lowest BCUT2D eigenvalue weighted by atomic mass is 9.98. The van der Waals surface area contributed by atoms with Crippen LogP contribution in [0, 0.1) is 6.92 Å². The van der Waals surface area contributed by atoms with Crippen LogP contribution in [0.1, 0.15) is 41.8 Å². The Morgan fingerprint density at radius 2 is 1.74 bits per heavy atom. The number of ether oxygens (including phenoxy) is 4. The Labute approximate surface area is 224 Å². The molecule has 1 atom stereocenters. The summed E-state index contributed by atoms with van der Waals surface area (Å²) >= 11 is 0. The molecule has 39 heavy (non-hydrogen) atoms. The summed E-state index contributed by atoms with van der Waals surface area (Å²) in [6.45, 7) is 1.67. The number of rotatable bonds is 9. The van der Waals surface area contributed by atoms with Gasteiger partial charge in [-0.3, -0.25) is 9.78 Å². The van der Waals surface area contributed by atoms with Crippen molar-refractivity contribution in [2.45, 2.75) is 39.1 Å². The normalized spacial score (nSPS) is 15.1. The Morgan fingerprint density at radius 1 is 1.00 bits per heavy atom. The minimum absolute atomic E-state index is 0.0154. The third-order valence-electron chi connectivity index (χ3n) is 6.24. The van der Waals surface area contributed by atoms with Crippen LogP contribution < -0.4 is 18.9 Å². The van der Waals surface area contributed by atoms with Gasteiger partial charge in [-0.2, -0.15) is 18.3 Å². The zero-order valence-corrected chi connectivity index (χ0v) is 21.9. The maximum atomic E-state index is 12.6. The van der Waals surface area contributed by atoms with Crippen LogP contribution in [0.5, 0.6) is 23.0 Å². The van der Waals surface area contributed by atoms with E-state index in [1.54, 1.807) is 26.2 Å². The largest absolute Gasteiger partial charge is 0.497 e. The molecule has 1 amide bonds. The van der Waals surface area contributed by atoms with Crippen molar-refractivity contribution in [3.8, 4) is 23.0 Å². The van der Waals surface area contributed by atoms with Crippen molar-refractivity contribution in [1.29, 1.82) is 0 Å². The Hall–Kier alpha value is -4.28. The van der Waals surface area contributed by atoms with Crippen LogP contribution in [-0.4, -0.2) is 48.6 Å². The van der Waals surface area contributed by atoms with Gasteiger partial charge in [0.15, 0.2) is 18.1 Å². The standard InChI is InChI=1S/C28H28F3N3O5/c1-17-23(32-12-11-25(17)39-16-28(29,30)31)15-38-26-10-7-20(13-27(26)37-4)24-14-22(33-34(24)18(2)35)19-5-8-21(36-3)9-6-19/h5-13,24H,14-16H2,1-4H3. The molecule has 11 heteroatoms. The van der Waals surface area contributed by atoms with E-state index < -0.39 is 12.8 Å². The van der Waals surface area contributed by atoms with Gasteiger partial charge in [0.2, 0.25) is 5.91 Å². The first-order valence-corrected chi connectivity index (χ1v) is 12.1. The highest BCUT2D eigenvalue weighted by atomic mass is 19.4. The Kier molecular flexibility index (Phi) is 8.27. The number of hydrazone groups is 1. The van der Waals surface area contributed by atoms with Crippen LogP contribution in [0.4, 0.5) is 13.2 Å². The molecule has 0 aliphatic carbocycles. The molecular formula is C28H28F3N3O5. The fourth-order valence-corrected chi connectivity index (χ4v) is 4.20. The molecule has 4 rings (SSSR count). The summed E-state index contributed by atoms with van der Waals surface area (Å²) in [5.74, 6) is 1.45. The Balaban J connectivity index is 1.50. The highest BCUT2D eigenvalue weighted by molar-refractivity contribution is 6.03. The summed E-state index contributed by atoms with van der Waals surface area (Å²) in [5.41, 5.74) is 3.34. The molecule has 0 fully saturated rings. The van der Waals surface area contributed by atoms with Gasteiger partial charge in [0.25, 0.3) is 0 Å². The van der Waals surface area contributed by atoms with E-state index in [0.29, 0.717) is 29.2 Å². The lowest BCUT2D eigenvalue weighted by Gasteiger charge is -2.22. The number of methoxy groups -OCH3 is 2. The van der Waals surface area contributed by atoms with Crippen molar-refractivity contribution in [2.24, 2.45) is 5.10 Å². The van der Waals surface area contributed by atoms with Gasteiger partial charge in [-0.15, -0.1) is 0 Å². The van der Waals surface area contributed by atoms with E-state index >= 15 is 0 Å². The topological polar surface area (TPSA) is 82.5 Å². The number of carbonyl (C=O) groups excluding carboxylic acids is 1. The van der Waals surface area contributed by atoms with Gasteiger partial charge >= 0.3 is 6.18 Å². The van der Waals surface area contributed by atoms with Crippen LogP contribution in [0.2, 0.25) is 0 Å². The third kappa shape index (κ3) is 6.60. The first-order valence-electron chi connectivity index (χ1n) is 12.1. The smallest absolute Gasteiger partial charge is 0.422 e. The second kappa shape index (κ2) is 11.6. The van der Waals surface area contributed by atoms with Crippen molar-refractivity contribution < 1.29 is 36.9 Å². The molecule has 0 bridgehead atoms. The van der Waals surface area contributed by atoms with Crippen LogP contribution in [0.15, 0.2) is 59.8 Å². The monoisotopic (exact) mass is 543 g/mol. The number of hydrogen-bond acceptors (Lipinski definition) is 7. The molecule has 2 aromatic carbocycles. The van der Waals surface area contributed by atoms with Gasteiger partial charge in [0.05, 0.1) is 31.7 Å². The summed E-state index contributed by atoms with van der Waals surface area (Å²) in [5, 5.41) is 6.02. The zero-order chi connectivity index (χ0) is 28.2. The van der Waals surface area contributed by atoms with Crippen molar-refractivity contribution in [3.63, 3.8) is 0 Å². The highest BCUT2D eigenvalue weighted by Gasteiger charge is 2.32. The molecule has 0 saturated carbocycles. The van der Waals surface area contributed by atoms with E-state index in [1.165, 1.54) is 31.3 Å². The molecule has 0 spiro atoms. The number of nitrogens with zero attached hydrogens (tertiary/aromatic N) is 3. The molecule has 0 N–H and O–H groups in total. The molecule has 0 saturated heterocycles. The minimum atomic E-state index is -4.45. The highest BCUT2D eigenvalue weighted by Crippen LogP contribution is 2.38. The summed E-state index contributed by atoms with van der Waals surface area (Å²) < 4.78 is 59.3. The van der Waals surface area contributed by atoms with Crippen molar-refractivity contribution >= 4 is 11.6 Å². The Bertz CT molecular complexity index is 1360. The fraction of sp³-hybridized carbons (Fsp3) is 0.321. The average Bonchev–Trinajstić information content (AvgIpc) is 3.37. The minimum Gasteiger partial charge on any atom is -0.497 e. The van der Waals surface area contributed by atoms with E-state index in [-0.39, 0.29) is 24.3 Å². The van der Waals surface area contributed by atoms with E-state index in [2.05, 4.69) is 10.1 Å². The maximum absolute atomic E-state index is 12.6. The number of benzene rings is 2. The molecule has 1 aliphatic heterocycles. The van der Waals surface area contributed by atoms with E-state index in [1.807, 2.05) is 30.3 Å². The molecular weight excluding hydrogens is 515 g/mol. The van der Waals surface area contributed by atoms with Crippen LogP contribution in [0.3, 0.4) is 0 Å². The van der Waals surface area contributed by atoms with Crippen molar-refractivity contribution in [3.05, 3.63) is 77.1 Å². The molecule has 1 aliphatic rings. The molecule has 206 valence electrons. The zero-order valence-electron chi connectivity index (χ0n) is 21.9. The van der Waals surface area contributed by atoms with Crippen LogP contribution in [-0.2, 0) is 11.4 Å². The summed E-state index contributed by atoms with van der Waals surface area (Å²) in [6, 6.07) is 13.8. The number of halogens is 3. The lowest BCUT2D eigenvalue weighted by Crippen LogP contribution is -2.24. The molecule has 1 aromatic heterocycles. The second-order valence-corrected chi connectivity index (χ2v) is 8.84. The summed E-state index contributed by atoms with van der Waals surface area (Å²) in [6.07, 6.45) is -2.57.